The summed E-state index contributed by atoms with van der Waals surface area (Å²) in [5.74, 6) is 0.669. The molecule has 6 atom stereocenters. The van der Waals surface area contributed by atoms with E-state index in [1.165, 1.54) is 94.3 Å². The van der Waals surface area contributed by atoms with Crippen molar-refractivity contribution < 1.29 is 47.7 Å². The van der Waals surface area contributed by atoms with Crippen LogP contribution in [0.5, 0.6) is 5.75 Å². The average Bonchev–Trinajstić information content (AvgIpc) is 3.77. The Hall–Kier alpha value is -3.16. The highest BCUT2D eigenvalue weighted by molar-refractivity contribution is 7.47. The number of phosphoric acid groups is 1. The molecule has 3 aromatic rings. The molecule has 0 radical (unpaired) electrons. The fourth-order valence-electron chi connectivity index (χ4n) is 7.13. The van der Waals surface area contributed by atoms with E-state index < -0.39 is 44.9 Å². The lowest BCUT2D eigenvalue weighted by atomic mass is 10.0. The van der Waals surface area contributed by atoms with Crippen molar-refractivity contribution >= 4 is 19.2 Å². The number of nitrogens with two attached hydrogens (primary N) is 1. The highest BCUT2D eigenvalue weighted by atomic mass is 31.2. The molecule has 2 aromatic heterocycles. The first kappa shape index (κ1) is 48.5. The summed E-state index contributed by atoms with van der Waals surface area (Å²) in [5, 5.41) is 35.2. The number of aliphatic hydroxyl groups is 2. The molecule has 15 nitrogen and oxygen atoms in total. The minimum atomic E-state index is -4.69. The first-order valence-corrected chi connectivity index (χ1v) is 23.1. The van der Waals surface area contributed by atoms with Crippen LogP contribution in [-0.2, 0) is 34.4 Å². The van der Waals surface area contributed by atoms with Gasteiger partial charge in [0.05, 0.1) is 43.8 Å². The molecule has 0 saturated carbocycles. The van der Waals surface area contributed by atoms with Gasteiger partial charge < -0.3 is 39.8 Å². The van der Waals surface area contributed by atoms with Crippen LogP contribution >= 0.6 is 7.82 Å². The summed E-state index contributed by atoms with van der Waals surface area (Å²) in [7, 11) is -4.69. The van der Waals surface area contributed by atoms with Gasteiger partial charge in [0, 0.05) is 6.61 Å². The summed E-state index contributed by atoms with van der Waals surface area (Å²) in [5.41, 5.74) is 7.97. The van der Waals surface area contributed by atoms with Crippen LogP contribution in [0.25, 0.3) is 5.52 Å². The minimum Gasteiger partial charge on any atom is -0.490 e. The van der Waals surface area contributed by atoms with Crippen LogP contribution in [0.2, 0.25) is 0 Å². The number of ether oxygens (including phenoxy) is 4. The molecule has 0 aliphatic carbocycles. The first-order valence-electron chi connectivity index (χ1n) is 21.6. The Balaban J connectivity index is 1.20. The van der Waals surface area contributed by atoms with Gasteiger partial charge in [-0.05, 0) is 50.1 Å². The molecular formula is C43H68N5O10P. The number of hydrogen-bond acceptors (Lipinski definition) is 13. The van der Waals surface area contributed by atoms with E-state index in [1.54, 1.807) is 30.3 Å². The standard InChI is InChI=1S/C43H68N5O10P/c1-4-5-6-7-8-9-10-11-12-13-14-15-16-17-18-19-24-53-28-35(54-27-33-20-21-34(26-44)38(25-33)57-32(2)3)29-55-59(51,52)56-30-39-40(49)41(50)42(58-39)36-22-23-37-43(45)46-31-47-48(36)37/h20-23,25,31-32,35,39-42,49-50H,4-19,24,27-30H2,1-3H3,(H,51,52)(H2,45,46,47)/t35-,39-,40-,41-,42+/m1/s1. The maximum atomic E-state index is 13.1. The normalized spacial score (nSPS) is 19.6. The Morgan fingerprint density at radius 2 is 1.54 bits per heavy atom. The third-order valence-electron chi connectivity index (χ3n) is 10.5. The van der Waals surface area contributed by atoms with Crippen molar-refractivity contribution in [3.63, 3.8) is 0 Å². The largest absolute Gasteiger partial charge is 0.490 e. The number of phosphoric ester groups is 1. The van der Waals surface area contributed by atoms with Crippen LogP contribution in [0, 0.1) is 11.3 Å². The molecule has 1 fully saturated rings. The molecule has 0 spiro atoms. The Labute approximate surface area is 350 Å². The minimum absolute atomic E-state index is 0.0968. The molecule has 330 valence electrons. The van der Waals surface area contributed by atoms with E-state index in [0.717, 1.165) is 24.8 Å². The van der Waals surface area contributed by atoms with Gasteiger partial charge in [0.25, 0.3) is 0 Å². The van der Waals surface area contributed by atoms with E-state index in [2.05, 4.69) is 23.1 Å². The third-order valence-corrected chi connectivity index (χ3v) is 11.4. The molecule has 3 heterocycles. The van der Waals surface area contributed by atoms with Crippen LogP contribution in [0.15, 0.2) is 36.7 Å². The number of fused-ring (bicyclic) bond motifs is 1. The van der Waals surface area contributed by atoms with Gasteiger partial charge in [-0.2, -0.15) is 10.4 Å². The highest BCUT2D eigenvalue weighted by Crippen LogP contribution is 2.45. The van der Waals surface area contributed by atoms with E-state index >= 15 is 0 Å². The monoisotopic (exact) mass is 845 g/mol. The quantitative estimate of drug-likeness (QED) is 0.0356. The van der Waals surface area contributed by atoms with Crippen LogP contribution in [0.1, 0.15) is 146 Å². The van der Waals surface area contributed by atoms with Gasteiger partial charge in [-0.3, -0.25) is 9.05 Å². The molecule has 5 N–H and O–H groups in total. The number of nitrogens with zero attached hydrogens (tertiary/aromatic N) is 4. The van der Waals surface area contributed by atoms with E-state index in [4.69, 9.17) is 33.7 Å². The van der Waals surface area contributed by atoms with Crippen LogP contribution in [0.4, 0.5) is 5.82 Å². The second-order valence-corrected chi connectivity index (χ2v) is 17.2. The lowest BCUT2D eigenvalue weighted by Gasteiger charge is -2.21. The number of unbranched alkanes of at least 4 members (excludes halogenated alkanes) is 15. The summed E-state index contributed by atoms with van der Waals surface area (Å²) < 4.78 is 48.8. The molecule has 1 saturated heterocycles. The van der Waals surface area contributed by atoms with Gasteiger partial charge >= 0.3 is 7.82 Å². The molecule has 0 amide bonds. The van der Waals surface area contributed by atoms with Crippen LogP contribution in [0.3, 0.4) is 0 Å². The topological polar surface area (TPSA) is 213 Å². The van der Waals surface area contributed by atoms with Gasteiger partial charge in [-0.15, -0.1) is 0 Å². The predicted molar refractivity (Wildman–Crippen MR) is 225 cm³/mol. The van der Waals surface area contributed by atoms with Crippen molar-refractivity contribution in [1.29, 1.82) is 5.26 Å². The number of aromatic nitrogens is 3. The van der Waals surface area contributed by atoms with Crippen molar-refractivity contribution in [2.24, 2.45) is 0 Å². The van der Waals surface area contributed by atoms with Crippen molar-refractivity contribution in [1.82, 2.24) is 14.6 Å². The zero-order valence-electron chi connectivity index (χ0n) is 35.3. The summed E-state index contributed by atoms with van der Waals surface area (Å²) in [6, 6.07) is 10.6. The molecule has 16 heteroatoms. The third kappa shape index (κ3) is 16.7. The summed E-state index contributed by atoms with van der Waals surface area (Å²) in [4.78, 5) is 14.6. The number of anilines is 1. The van der Waals surface area contributed by atoms with Gasteiger partial charge in [-0.1, -0.05) is 109 Å². The maximum Gasteiger partial charge on any atom is 0.472 e. The van der Waals surface area contributed by atoms with Crippen molar-refractivity contribution in [2.75, 3.05) is 32.2 Å². The van der Waals surface area contributed by atoms with E-state index in [1.807, 2.05) is 13.8 Å². The van der Waals surface area contributed by atoms with Crippen molar-refractivity contribution in [2.45, 2.75) is 167 Å². The Bertz CT molecular complexity index is 1740. The fourth-order valence-corrected chi connectivity index (χ4v) is 7.89. The van der Waals surface area contributed by atoms with E-state index in [-0.39, 0.29) is 31.7 Å². The summed E-state index contributed by atoms with van der Waals surface area (Å²) in [6.07, 6.45) is 15.9. The number of nitrogen functional groups attached to an aromatic ring is 1. The highest BCUT2D eigenvalue weighted by Gasteiger charge is 2.45. The number of nitriles is 1. The molecule has 59 heavy (non-hydrogen) atoms. The van der Waals surface area contributed by atoms with Crippen molar-refractivity contribution in [3.8, 4) is 11.8 Å². The number of hydrogen-bond donors (Lipinski definition) is 4. The Kier molecular flexibility index (Phi) is 21.6. The van der Waals surface area contributed by atoms with Crippen molar-refractivity contribution in [3.05, 3.63) is 53.5 Å². The molecule has 1 aliphatic heterocycles. The van der Waals surface area contributed by atoms with E-state index in [9.17, 15) is 24.9 Å². The average molecular weight is 846 g/mol. The van der Waals surface area contributed by atoms with Gasteiger partial charge in [0.1, 0.15) is 54.2 Å². The number of aliphatic hydroxyl groups excluding tert-OH is 2. The fraction of sp³-hybridized carbons (Fsp3) is 0.698. The van der Waals surface area contributed by atoms with Gasteiger partial charge in [-0.25, -0.2) is 14.1 Å². The second kappa shape index (κ2) is 26.2. The number of benzene rings is 1. The van der Waals surface area contributed by atoms with E-state index in [0.29, 0.717) is 29.1 Å². The zero-order chi connectivity index (χ0) is 42.5. The smallest absolute Gasteiger partial charge is 0.472 e. The SMILES string of the molecule is CCCCCCCCCCCCCCCCCCOC[C@H](COP(=O)(O)OC[C@H]1O[C@@H](c2ccc3c(N)ncnn23)[C@H](O)[C@@H]1O)OCc1ccc(C#N)c(OC(C)C)c1. The molecule has 1 unspecified atom stereocenters. The first-order chi connectivity index (χ1) is 28.5. The molecule has 0 bridgehead atoms. The Morgan fingerprint density at radius 1 is 0.898 bits per heavy atom. The summed E-state index contributed by atoms with van der Waals surface area (Å²) >= 11 is 0. The zero-order valence-corrected chi connectivity index (χ0v) is 36.2. The molecule has 1 aromatic carbocycles. The maximum absolute atomic E-state index is 13.1. The van der Waals surface area contributed by atoms with Crippen LogP contribution in [-0.4, -0.2) is 86.7 Å². The lowest BCUT2D eigenvalue weighted by Crippen LogP contribution is -2.33. The number of rotatable bonds is 31. The lowest BCUT2D eigenvalue weighted by molar-refractivity contribution is -0.0556. The summed E-state index contributed by atoms with van der Waals surface area (Å²) in [6.45, 7) is 5.83. The van der Waals surface area contributed by atoms with Gasteiger partial charge in [0.15, 0.2) is 5.82 Å². The van der Waals surface area contributed by atoms with Gasteiger partial charge in [0.2, 0.25) is 0 Å². The predicted octanol–water partition coefficient (Wildman–Crippen LogP) is 8.13. The molecule has 1 aliphatic rings. The molecular weight excluding hydrogens is 777 g/mol. The Morgan fingerprint density at radius 3 is 2.17 bits per heavy atom. The van der Waals surface area contributed by atoms with Crippen LogP contribution < -0.4 is 10.5 Å². The second-order valence-electron chi connectivity index (χ2n) is 15.8. The molecule has 4 rings (SSSR count).